The molecule has 0 saturated carbocycles. The number of anilines is 1. The molecule has 0 saturated heterocycles. The smallest absolute Gasteiger partial charge is 0.280 e. The van der Waals surface area contributed by atoms with Gasteiger partial charge in [-0.1, -0.05) is 0 Å². The first-order valence-corrected chi connectivity index (χ1v) is 7.25. The third-order valence-corrected chi connectivity index (χ3v) is 3.81. The number of nitrogens with zero attached hydrogens (tertiary/aromatic N) is 4. The normalized spacial score (nSPS) is 11.0. The Balaban J connectivity index is 1.96. The summed E-state index contributed by atoms with van der Waals surface area (Å²) in [5.41, 5.74) is 7.55. The molecule has 7 nitrogen and oxygen atoms in total. The number of rotatable bonds is 2. The van der Waals surface area contributed by atoms with E-state index in [2.05, 4.69) is 15.1 Å². The molecular formula is C17H13N5O2. The van der Waals surface area contributed by atoms with Crippen LogP contribution in [-0.4, -0.2) is 32.8 Å². The van der Waals surface area contributed by atoms with E-state index in [-0.39, 0.29) is 11.7 Å². The molecule has 0 bridgehead atoms. The predicted molar refractivity (Wildman–Crippen MR) is 90.0 cm³/mol. The molecule has 0 spiro atoms. The molecule has 4 aromatic rings. The lowest BCUT2D eigenvalue weighted by molar-refractivity contribution is 0.0950. The maximum absolute atomic E-state index is 12.7. The Morgan fingerprint density at radius 3 is 2.71 bits per heavy atom. The zero-order valence-electron chi connectivity index (χ0n) is 12.8. The van der Waals surface area contributed by atoms with Crippen LogP contribution in [0.25, 0.3) is 21.9 Å². The number of hydrogen-bond donors (Lipinski definition) is 1. The zero-order chi connectivity index (χ0) is 16.7. The van der Waals surface area contributed by atoms with Gasteiger partial charge in [0, 0.05) is 29.4 Å². The van der Waals surface area contributed by atoms with Crippen molar-refractivity contribution in [2.75, 3.05) is 12.8 Å². The molecule has 4 rings (SSSR count). The molecule has 0 aliphatic carbocycles. The average molecular weight is 319 g/mol. The fraction of sp³-hybridized carbons (Fsp3) is 0.0588. The minimum atomic E-state index is -0.311. The van der Waals surface area contributed by atoms with Crippen molar-refractivity contribution >= 4 is 33.7 Å². The van der Waals surface area contributed by atoms with Crippen LogP contribution in [0.5, 0.6) is 5.75 Å². The van der Waals surface area contributed by atoms with Gasteiger partial charge in [-0.05, 0) is 30.3 Å². The molecule has 2 N–H and O–H groups in total. The van der Waals surface area contributed by atoms with Crippen LogP contribution in [0.3, 0.4) is 0 Å². The van der Waals surface area contributed by atoms with Crippen molar-refractivity contribution in [3.63, 3.8) is 0 Å². The number of nitrogens with two attached hydrogens (primary N) is 1. The Labute approximate surface area is 136 Å². The van der Waals surface area contributed by atoms with Crippen LogP contribution >= 0.6 is 0 Å². The highest BCUT2D eigenvalue weighted by molar-refractivity contribution is 6.05. The Morgan fingerprint density at radius 1 is 1.17 bits per heavy atom. The standard InChI is InChI=1S/C17H13N5O2/c1-24-12-3-2-11-8-13-15(18)21-22(16(13)20-14(11)9-12)17(23)10-4-6-19-7-5-10/h2-9H,1H3,(H2,18,21). The van der Waals surface area contributed by atoms with Gasteiger partial charge < -0.3 is 10.5 Å². The number of fused-ring (bicyclic) bond motifs is 2. The van der Waals surface area contributed by atoms with Gasteiger partial charge in [-0.2, -0.15) is 4.68 Å². The van der Waals surface area contributed by atoms with E-state index in [0.717, 1.165) is 5.39 Å². The lowest BCUT2D eigenvalue weighted by atomic mass is 10.2. The van der Waals surface area contributed by atoms with E-state index in [1.807, 2.05) is 18.2 Å². The van der Waals surface area contributed by atoms with E-state index in [1.54, 1.807) is 37.7 Å². The van der Waals surface area contributed by atoms with Crippen molar-refractivity contribution in [2.45, 2.75) is 0 Å². The maximum atomic E-state index is 12.7. The summed E-state index contributed by atoms with van der Waals surface area (Å²) in [5, 5.41) is 5.69. The van der Waals surface area contributed by atoms with Crippen molar-refractivity contribution < 1.29 is 9.53 Å². The van der Waals surface area contributed by atoms with Crippen LogP contribution < -0.4 is 10.5 Å². The van der Waals surface area contributed by atoms with Gasteiger partial charge in [0.1, 0.15) is 5.75 Å². The molecule has 118 valence electrons. The van der Waals surface area contributed by atoms with Crippen molar-refractivity contribution in [3.05, 3.63) is 54.4 Å². The molecule has 0 aliphatic rings. The highest BCUT2D eigenvalue weighted by atomic mass is 16.5. The van der Waals surface area contributed by atoms with Gasteiger partial charge >= 0.3 is 0 Å². The number of carbonyl (C=O) groups is 1. The molecule has 3 aromatic heterocycles. The SMILES string of the molecule is COc1ccc2cc3c(N)nn(C(=O)c4ccncc4)c3nc2c1. The predicted octanol–water partition coefficient (Wildman–Crippen LogP) is 2.26. The molecule has 3 heterocycles. The summed E-state index contributed by atoms with van der Waals surface area (Å²) >= 11 is 0. The number of aromatic nitrogens is 4. The first-order chi connectivity index (χ1) is 11.7. The van der Waals surface area contributed by atoms with E-state index in [4.69, 9.17) is 10.5 Å². The number of carbonyl (C=O) groups excluding carboxylic acids is 1. The molecule has 0 radical (unpaired) electrons. The van der Waals surface area contributed by atoms with Crippen molar-refractivity contribution in [3.8, 4) is 5.75 Å². The number of methoxy groups -OCH3 is 1. The van der Waals surface area contributed by atoms with Gasteiger partial charge in [0.15, 0.2) is 11.5 Å². The quantitative estimate of drug-likeness (QED) is 0.609. The highest BCUT2D eigenvalue weighted by Crippen LogP contribution is 2.26. The molecule has 7 heteroatoms. The van der Waals surface area contributed by atoms with Gasteiger partial charge in [-0.15, -0.1) is 5.10 Å². The van der Waals surface area contributed by atoms with Gasteiger partial charge in [0.2, 0.25) is 0 Å². The lowest BCUT2D eigenvalue weighted by Crippen LogP contribution is -2.14. The van der Waals surface area contributed by atoms with Gasteiger partial charge in [-0.25, -0.2) is 4.98 Å². The van der Waals surface area contributed by atoms with E-state index < -0.39 is 0 Å². The minimum Gasteiger partial charge on any atom is -0.497 e. The van der Waals surface area contributed by atoms with Crippen LogP contribution in [0.2, 0.25) is 0 Å². The molecule has 0 unspecified atom stereocenters. The summed E-state index contributed by atoms with van der Waals surface area (Å²) in [5.74, 6) is 0.639. The second kappa shape index (κ2) is 5.31. The highest BCUT2D eigenvalue weighted by Gasteiger charge is 2.18. The Morgan fingerprint density at radius 2 is 1.96 bits per heavy atom. The summed E-state index contributed by atoms with van der Waals surface area (Å²) in [4.78, 5) is 21.2. The van der Waals surface area contributed by atoms with E-state index in [0.29, 0.717) is 27.9 Å². The van der Waals surface area contributed by atoms with Crippen LogP contribution in [0.4, 0.5) is 5.82 Å². The average Bonchev–Trinajstić information content (AvgIpc) is 2.95. The summed E-state index contributed by atoms with van der Waals surface area (Å²) in [6.07, 6.45) is 3.10. The first kappa shape index (κ1) is 14.1. The van der Waals surface area contributed by atoms with Crippen LogP contribution in [0.15, 0.2) is 48.8 Å². The minimum absolute atomic E-state index is 0.262. The summed E-state index contributed by atoms with van der Waals surface area (Å²) in [7, 11) is 1.59. The monoisotopic (exact) mass is 319 g/mol. The Kier molecular flexibility index (Phi) is 3.13. The summed E-state index contributed by atoms with van der Waals surface area (Å²) < 4.78 is 6.45. The van der Waals surface area contributed by atoms with Crippen LogP contribution in [-0.2, 0) is 0 Å². The van der Waals surface area contributed by atoms with Crippen molar-refractivity contribution in [1.29, 1.82) is 0 Å². The Bertz CT molecular complexity index is 1070. The molecule has 0 amide bonds. The third kappa shape index (κ3) is 2.14. The van der Waals surface area contributed by atoms with Gasteiger partial charge in [-0.3, -0.25) is 9.78 Å². The number of benzene rings is 1. The first-order valence-electron chi connectivity index (χ1n) is 7.25. The van der Waals surface area contributed by atoms with Gasteiger partial charge in [0.25, 0.3) is 5.91 Å². The second-order valence-electron chi connectivity index (χ2n) is 5.26. The van der Waals surface area contributed by atoms with E-state index in [9.17, 15) is 4.79 Å². The topological polar surface area (TPSA) is 95.9 Å². The summed E-state index contributed by atoms with van der Waals surface area (Å²) in [6.45, 7) is 0. The molecule has 0 atom stereocenters. The lowest BCUT2D eigenvalue weighted by Gasteiger charge is -2.04. The van der Waals surface area contributed by atoms with Crippen LogP contribution in [0.1, 0.15) is 10.4 Å². The fourth-order valence-corrected chi connectivity index (χ4v) is 2.58. The molecule has 24 heavy (non-hydrogen) atoms. The zero-order valence-corrected chi connectivity index (χ0v) is 12.8. The molecule has 0 fully saturated rings. The van der Waals surface area contributed by atoms with Crippen molar-refractivity contribution in [2.24, 2.45) is 0 Å². The molecule has 1 aromatic carbocycles. The maximum Gasteiger partial charge on any atom is 0.280 e. The Hall–Kier alpha value is -3.48. The van der Waals surface area contributed by atoms with Crippen molar-refractivity contribution in [1.82, 2.24) is 19.7 Å². The fourth-order valence-electron chi connectivity index (χ4n) is 2.58. The summed E-state index contributed by atoms with van der Waals surface area (Å²) in [6, 6.07) is 10.7. The number of pyridine rings is 2. The number of nitrogen functional groups attached to an aromatic ring is 1. The molecular weight excluding hydrogens is 306 g/mol. The number of hydrogen-bond acceptors (Lipinski definition) is 6. The third-order valence-electron chi connectivity index (χ3n) is 3.81. The van der Waals surface area contributed by atoms with Gasteiger partial charge in [0.05, 0.1) is 18.0 Å². The molecule has 0 aliphatic heterocycles. The second-order valence-corrected chi connectivity index (χ2v) is 5.26. The number of ether oxygens (including phenoxy) is 1. The van der Waals surface area contributed by atoms with E-state index >= 15 is 0 Å². The largest absolute Gasteiger partial charge is 0.497 e. The van der Waals surface area contributed by atoms with Crippen LogP contribution in [0, 0.1) is 0 Å². The van der Waals surface area contributed by atoms with E-state index in [1.165, 1.54) is 4.68 Å².